The third-order valence-corrected chi connectivity index (χ3v) is 5.35. The number of aryl methyl sites for hydroxylation is 1. The van der Waals surface area contributed by atoms with Crippen molar-refractivity contribution in [3.63, 3.8) is 0 Å². The molecule has 4 rings (SSSR count). The van der Waals surface area contributed by atoms with Crippen LogP contribution in [0.1, 0.15) is 16.7 Å². The molecule has 0 bridgehead atoms. The number of alkyl halides is 3. The molecule has 0 spiro atoms. The van der Waals surface area contributed by atoms with Gasteiger partial charge in [-0.15, -0.1) is 0 Å². The van der Waals surface area contributed by atoms with Gasteiger partial charge in [0.1, 0.15) is 5.82 Å². The van der Waals surface area contributed by atoms with E-state index >= 15 is 0 Å². The van der Waals surface area contributed by atoms with E-state index in [1.807, 2.05) is 19.1 Å². The van der Waals surface area contributed by atoms with E-state index in [-0.39, 0.29) is 12.1 Å². The molecule has 0 saturated carbocycles. The average Bonchev–Trinajstić information content (AvgIpc) is 2.80. The number of halogens is 3. The molecular formula is C23H25F3N6. The first-order valence-electron chi connectivity index (χ1n) is 10.5. The smallest absolute Gasteiger partial charge is 0.369 e. The van der Waals surface area contributed by atoms with Crippen molar-refractivity contribution in [1.82, 2.24) is 15.3 Å². The lowest BCUT2D eigenvalue weighted by Crippen LogP contribution is -2.43. The Morgan fingerprint density at radius 3 is 2.47 bits per heavy atom. The molecule has 9 heteroatoms. The first-order chi connectivity index (χ1) is 15.4. The number of piperazine rings is 1. The lowest BCUT2D eigenvalue weighted by molar-refractivity contribution is -0.138. The van der Waals surface area contributed by atoms with Gasteiger partial charge in [-0.2, -0.15) is 18.2 Å². The Bertz CT molecular complexity index is 1050. The van der Waals surface area contributed by atoms with Gasteiger partial charge in [0.2, 0.25) is 5.95 Å². The summed E-state index contributed by atoms with van der Waals surface area (Å²) in [5.74, 6) is 0.856. The number of nitrogens with one attached hydrogen (secondary N) is 3. The number of nitrogens with zero attached hydrogens (tertiary/aromatic N) is 3. The fraction of sp³-hybridized carbons (Fsp3) is 0.304. The molecule has 1 fully saturated rings. The predicted molar refractivity (Wildman–Crippen MR) is 120 cm³/mol. The van der Waals surface area contributed by atoms with Gasteiger partial charge in [0.05, 0.1) is 5.56 Å². The maximum absolute atomic E-state index is 13.2. The van der Waals surface area contributed by atoms with E-state index in [9.17, 15) is 13.2 Å². The van der Waals surface area contributed by atoms with Crippen molar-refractivity contribution in [3.8, 4) is 0 Å². The maximum Gasteiger partial charge on any atom is 0.416 e. The van der Waals surface area contributed by atoms with Gasteiger partial charge in [-0.05, 0) is 42.8 Å². The number of aromatic nitrogens is 2. The van der Waals surface area contributed by atoms with Gasteiger partial charge in [-0.1, -0.05) is 18.2 Å². The van der Waals surface area contributed by atoms with Gasteiger partial charge in [0.15, 0.2) is 0 Å². The molecule has 1 aliphatic rings. The Morgan fingerprint density at radius 1 is 1.03 bits per heavy atom. The average molecular weight is 442 g/mol. The Kier molecular flexibility index (Phi) is 6.45. The molecule has 2 aromatic carbocycles. The molecule has 6 nitrogen and oxygen atoms in total. The normalized spacial score (nSPS) is 14.3. The SMILES string of the molecule is Cc1cnc(Nc2ccc(N3CCNCC3)cc2)nc1NCc1ccccc1C(F)(F)F. The van der Waals surface area contributed by atoms with Crippen LogP contribution in [0.15, 0.2) is 54.7 Å². The maximum atomic E-state index is 13.2. The fourth-order valence-corrected chi connectivity index (χ4v) is 3.62. The minimum atomic E-state index is -4.40. The highest BCUT2D eigenvalue weighted by molar-refractivity contribution is 5.60. The van der Waals surface area contributed by atoms with Crippen LogP contribution >= 0.6 is 0 Å². The van der Waals surface area contributed by atoms with Gasteiger partial charge in [0.25, 0.3) is 0 Å². The van der Waals surface area contributed by atoms with Crippen LogP contribution in [-0.4, -0.2) is 36.1 Å². The van der Waals surface area contributed by atoms with Crippen LogP contribution < -0.4 is 20.9 Å². The molecule has 0 atom stereocenters. The van der Waals surface area contributed by atoms with E-state index in [4.69, 9.17) is 0 Å². The number of hydrogen-bond donors (Lipinski definition) is 3. The second-order valence-corrected chi connectivity index (χ2v) is 7.64. The lowest BCUT2D eigenvalue weighted by atomic mass is 10.1. The summed E-state index contributed by atoms with van der Waals surface area (Å²) < 4.78 is 39.7. The van der Waals surface area contributed by atoms with Crippen LogP contribution in [0.5, 0.6) is 0 Å². The first kappa shape index (κ1) is 21.9. The standard InChI is InChI=1S/C23H25F3N6/c1-16-14-29-22(30-18-6-8-19(9-7-18)32-12-10-27-11-13-32)31-21(16)28-15-17-4-2-3-5-20(17)23(24,25)26/h2-9,14,27H,10-13,15H2,1H3,(H2,28,29,30,31). The van der Waals surface area contributed by atoms with Crippen molar-refractivity contribution in [2.24, 2.45) is 0 Å². The monoisotopic (exact) mass is 442 g/mol. The molecule has 168 valence electrons. The molecular weight excluding hydrogens is 417 g/mol. The summed E-state index contributed by atoms with van der Waals surface area (Å²) in [5, 5.41) is 9.52. The van der Waals surface area contributed by atoms with Crippen LogP contribution in [0.3, 0.4) is 0 Å². The van der Waals surface area contributed by atoms with E-state index in [0.717, 1.165) is 49.2 Å². The molecule has 0 aliphatic carbocycles. The predicted octanol–water partition coefficient (Wildman–Crippen LogP) is 4.57. The summed E-state index contributed by atoms with van der Waals surface area (Å²) >= 11 is 0. The van der Waals surface area contributed by atoms with E-state index in [1.54, 1.807) is 12.3 Å². The minimum Gasteiger partial charge on any atom is -0.369 e. The topological polar surface area (TPSA) is 65.1 Å². The van der Waals surface area contributed by atoms with Gasteiger partial charge in [-0.3, -0.25) is 0 Å². The fourth-order valence-electron chi connectivity index (χ4n) is 3.62. The largest absolute Gasteiger partial charge is 0.416 e. The van der Waals surface area contributed by atoms with Gasteiger partial charge in [0, 0.05) is 55.9 Å². The van der Waals surface area contributed by atoms with Crippen LogP contribution in [0.25, 0.3) is 0 Å². The van der Waals surface area contributed by atoms with Crippen molar-refractivity contribution >= 4 is 23.1 Å². The summed E-state index contributed by atoms with van der Waals surface area (Å²) in [7, 11) is 0. The van der Waals surface area contributed by atoms with Gasteiger partial charge in [-0.25, -0.2) is 4.98 Å². The second kappa shape index (κ2) is 9.44. The highest BCUT2D eigenvalue weighted by Crippen LogP contribution is 2.32. The number of rotatable bonds is 6. The van der Waals surface area contributed by atoms with E-state index in [1.165, 1.54) is 12.1 Å². The third kappa shape index (κ3) is 5.28. The zero-order valence-corrected chi connectivity index (χ0v) is 17.7. The van der Waals surface area contributed by atoms with Crippen molar-refractivity contribution < 1.29 is 13.2 Å². The summed E-state index contributed by atoms with van der Waals surface area (Å²) in [5.41, 5.74) is 2.25. The van der Waals surface area contributed by atoms with Crippen LogP contribution in [-0.2, 0) is 12.7 Å². The third-order valence-electron chi connectivity index (χ3n) is 5.35. The number of benzene rings is 2. The Morgan fingerprint density at radius 2 is 1.75 bits per heavy atom. The quantitative estimate of drug-likeness (QED) is 0.520. The zero-order valence-electron chi connectivity index (χ0n) is 17.7. The van der Waals surface area contributed by atoms with E-state index < -0.39 is 11.7 Å². The molecule has 3 aromatic rings. The summed E-state index contributed by atoms with van der Waals surface area (Å²) in [6, 6.07) is 13.6. The Hall–Kier alpha value is -3.33. The minimum absolute atomic E-state index is 0.00631. The Labute approximate surface area is 184 Å². The molecule has 0 unspecified atom stereocenters. The summed E-state index contributed by atoms with van der Waals surface area (Å²) in [6.45, 7) is 5.71. The van der Waals surface area contributed by atoms with Crippen LogP contribution in [0, 0.1) is 6.92 Å². The highest BCUT2D eigenvalue weighted by atomic mass is 19.4. The molecule has 3 N–H and O–H groups in total. The van der Waals surface area contributed by atoms with Crippen molar-refractivity contribution in [3.05, 3.63) is 71.4 Å². The van der Waals surface area contributed by atoms with Crippen molar-refractivity contribution in [2.75, 3.05) is 41.7 Å². The van der Waals surface area contributed by atoms with Crippen LogP contribution in [0.2, 0.25) is 0 Å². The van der Waals surface area contributed by atoms with E-state index in [2.05, 4.69) is 43.0 Å². The Balaban J connectivity index is 1.44. The van der Waals surface area contributed by atoms with Gasteiger partial charge < -0.3 is 20.9 Å². The number of anilines is 4. The summed E-state index contributed by atoms with van der Waals surface area (Å²) in [6.07, 6.45) is -2.76. The van der Waals surface area contributed by atoms with Crippen LogP contribution in [0.4, 0.5) is 36.3 Å². The van der Waals surface area contributed by atoms with Crippen molar-refractivity contribution in [2.45, 2.75) is 19.6 Å². The molecule has 0 radical (unpaired) electrons. The molecule has 32 heavy (non-hydrogen) atoms. The van der Waals surface area contributed by atoms with E-state index in [0.29, 0.717) is 11.8 Å². The molecule has 1 saturated heterocycles. The number of hydrogen-bond acceptors (Lipinski definition) is 6. The molecule has 2 heterocycles. The van der Waals surface area contributed by atoms with Crippen molar-refractivity contribution in [1.29, 1.82) is 0 Å². The first-order valence-corrected chi connectivity index (χ1v) is 10.5. The highest BCUT2D eigenvalue weighted by Gasteiger charge is 2.32. The molecule has 0 amide bonds. The molecule has 1 aromatic heterocycles. The van der Waals surface area contributed by atoms with Gasteiger partial charge >= 0.3 is 6.18 Å². The molecule has 1 aliphatic heterocycles. The zero-order chi connectivity index (χ0) is 22.6. The summed E-state index contributed by atoms with van der Waals surface area (Å²) in [4.78, 5) is 11.1. The second-order valence-electron chi connectivity index (χ2n) is 7.64. The lowest BCUT2D eigenvalue weighted by Gasteiger charge is -2.29.